The van der Waals surface area contributed by atoms with Crippen LogP contribution >= 0.6 is 0 Å². The molecule has 5 N–H and O–H groups in total. The summed E-state index contributed by atoms with van der Waals surface area (Å²) in [7, 11) is 0. The molecule has 2 fully saturated rings. The van der Waals surface area contributed by atoms with E-state index in [4.69, 9.17) is 15.6 Å². The second-order valence-corrected chi connectivity index (χ2v) is 7.62. The third kappa shape index (κ3) is 8.53. The third-order valence-corrected chi connectivity index (χ3v) is 4.21. The lowest BCUT2D eigenvalue weighted by molar-refractivity contribution is 0.0363. The van der Waals surface area contributed by atoms with Crippen LogP contribution in [0.2, 0.25) is 0 Å². The molecule has 0 aromatic carbocycles. The molecule has 0 spiro atoms. The molecule has 136 valence electrons. The maximum absolute atomic E-state index is 11.4. The Morgan fingerprint density at radius 1 is 1.00 bits per heavy atom. The Hall–Kier alpha value is -0.850. The summed E-state index contributed by atoms with van der Waals surface area (Å²) in [6.45, 7) is 5.47. The summed E-state index contributed by atoms with van der Waals surface area (Å²) < 4.78 is 5.13. The van der Waals surface area contributed by atoms with Gasteiger partial charge in [-0.05, 0) is 46.5 Å². The molecule has 6 nitrogen and oxygen atoms in total. The summed E-state index contributed by atoms with van der Waals surface area (Å²) >= 11 is 0. The molecule has 0 unspecified atom stereocenters. The van der Waals surface area contributed by atoms with E-state index < -0.39 is 17.8 Å². The van der Waals surface area contributed by atoms with Crippen molar-refractivity contribution in [3.05, 3.63) is 0 Å². The van der Waals surface area contributed by atoms with Gasteiger partial charge >= 0.3 is 6.09 Å². The molecule has 0 radical (unpaired) electrons. The normalized spacial score (nSPS) is 31.6. The van der Waals surface area contributed by atoms with Gasteiger partial charge in [0.1, 0.15) is 5.60 Å². The number of aliphatic hydroxyl groups is 2. The second-order valence-electron chi connectivity index (χ2n) is 7.62. The monoisotopic (exact) mass is 330 g/mol. The molecule has 2 saturated carbocycles. The predicted molar refractivity (Wildman–Crippen MR) is 90.1 cm³/mol. The Labute approximate surface area is 139 Å². The van der Waals surface area contributed by atoms with E-state index in [2.05, 4.69) is 5.32 Å². The molecule has 1 amide bonds. The molecule has 2 rings (SSSR count). The Bertz CT molecular complexity index is 347. The number of hydrogen-bond acceptors (Lipinski definition) is 5. The minimum Gasteiger partial charge on any atom is -0.444 e. The van der Waals surface area contributed by atoms with Gasteiger partial charge in [0.15, 0.2) is 0 Å². The van der Waals surface area contributed by atoms with Gasteiger partial charge in [-0.25, -0.2) is 4.79 Å². The number of aliphatic hydroxyl groups excluding tert-OH is 2. The highest BCUT2D eigenvalue weighted by atomic mass is 16.6. The van der Waals surface area contributed by atoms with Gasteiger partial charge in [0.25, 0.3) is 0 Å². The maximum Gasteiger partial charge on any atom is 0.407 e. The molecule has 4 atom stereocenters. The van der Waals surface area contributed by atoms with Crippen LogP contribution in [0.15, 0.2) is 0 Å². The molecular formula is C17H34N2O4. The van der Waals surface area contributed by atoms with Crippen molar-refractivity contribution >= 4 is 6.09 Å². The highest BCUT2D eigenvalue weighted by Gasteiger charge is 2.26. The largest absolute Gasteiger partial charge is 0.444 e. The summed E-state index contributed by atoms with van der Waals surface area (Å²) in [6, 6.07) is -0.0858. The smallest absolute Gasteiger partial charge is 0.407 e. The zero-order chi connectivity index (χ0) is 17.5. The number of carbonyl (C=O) groups is 1. The molecule has 0 aromatic rings. The molecule has 0 aromatic heterocycles. The van der Waals surface area contributed by atoms with E-state index in [-0.39, 0.29) is 18.2 Å². The lowest BCUT2D eigenvalue weighted by Gasteiger charge is -2.29. The van der Waals surface area contributed by atoms with Crippen LogP contribution in [-0.2, 0) is 4.74 Å². The Morgan fingerprint density at radius 2 is 1.52 bits per heavy atom. The van der Waals surface area contributed by atoms with E-state index in [0.29, 0.717) is 0 Å². The Morgan fingerprint density at radius 3 is 1.96 bits per heavy atom. The minimum absolute atomic E-state index is 0.0590. The molecule has 0 bridgehead atoms. The molecule has 0 saturated heterocycles. The van der Waals surface area contributed by atoms with Crippen LogP contribution in [0, 0.1) is 0 Å². The SMILES string of the molecule is CC(C)(C)OC(=O)N[C@@H]1CCCC[C@H]1O.N[C@@H]1CCCC[C@H]1O. The van der Waals surface area contributed by atoms with Crippen LogP contribution in [-0.4, -0.2) is 46.2 Å². The van der Waals surface area contributed by atoms with Gasteiger partial charge in [-0.2, -0.15) is 0 Å². The maximum atomic E-state index is 11.4. The van der Waals surface area contributed by atoms with Gasteiger partial charge in [0.2, 0.25) is 0 Å². The summed E-state index contributed by atoms with van der Waals surface area (Å²) in [5.41, 5.74) is 5.05. The fourth-order valence-corrected chi connectivity index (χ4v) is 2.88. The van der Waals surface area contributed by atoms with Gasteiger partial charge in [0, 0.05) is 6.04 Å². The molecule has 2 aliphatic carbocycles. The number of nitrogens with one attached hydrogen (secondary N) is 1. The molecular weight excluding hydrogens is 296 g/mol. The van der Waals surface area contributed by atoms with Crippen molar-refractivity contribution in [2.75, 3.05) is 0 Å². The van der Waals surface area contributed by atoms with Gasteiger partial charge in [0.05, 0.1) is 18.2 Å². The highest BCUT2D eigenvalue weighted by molar-refractivity contribution is 5.68. The van der Waals surface area contributed by atoms with Gasteiger partial charge in [-0.3, -0.25) is 0 Å². The first-order chi connectivity index (χ1) is 10.7. The Balaban J connectivity index is 0.000000277. The molecule has 23 heavy (non-hydrogen) atoms. The first-order valence-corrected chi connectivity index (χ1v) is 8.80. The standard InChI is InChI=1S/C11H21NO3.C6H13NO/c1-11(2,3)15-10(14)12-8-6-4-5-7-9(8)13;7-5-3-1-2-4-6(5)8/h8-9,13H,4-7H2,1-3H3,(H,12,14);5-6,8H,1-4,7H2/t8-,9-;5-,6-/m11/s1. The quantitative estimate of drug-likeness (QED) is 0.589. The number of carbonyl (C=O) groups excluding carboxylic acids is 1. The predicted octanol–water partition coefficient (Wildman–Crippen LogP) is 2.06. The van der Waals surface area contributed by atoms with Crippen molar-refractivity contribution in [2.24, 2.45) is 5.73 Å². The van der Waals surface area contributed by atoms with E-state index in [9.17, 15) is 9.90 Å². The second kappa shape index (κ2) is 9.45. The van der Waals surface area contributed by atoms with Crippen molar-refractivity contribution < 1.29 is 19.7 Å². The van der Waals surface area contributed by atoms with E-state index in [1.54, 1.807) is 0 Å². The number of hydrogen-bond donors (Lipinski definition) is 4. The van der Waals surface area contributed by atoms with E-state index in [0.717, 1.165) is 44.9 Å². The fraction of sp³-hybridized carbons (Fsp3) is 0.941. The third-order valence-electron chi connectivity index (χ3n) is 4.21. The first kappa shape index (κ1) is 20.2. The average Bonchev–Trinajstić information content (AvgIpc) is 2.43. The van der Waals surface area contributed by atoms with Crippen molar-refractivity contribution in [1.29, 1.82) is 0 Å². The van der Waals surface area contributed by atoms with Crippen LogP contribution in [0.1, 0.15) is 72.1 Å². The molecule has 6 heteroatoms. The van der Waals surface area contributed by atoms with Crippen molar-refractivity contribution in [3.63, 3.8) is 0 Å². The lowest BCUT2D eigenvalue weighted by atomic mass is 9.93. The minimum atomic E-state index is -0.482. The van der Waals surface area contributed by atoms with E-state index in [1.165, 1.54) is 6.42 Å². The van der Waals surface area contributed by atoms with Crippen molar-refractivity contribution in [1.82, 2.24) is 5.32 Å². The summed E-state index contributed by atoms with van der Waals surface area (Å²) in [5, 5.41) is 21.4. The van der Waals surface area contributed by atoms with Crippen LogP contribution in [0.4, 0.5) is 4.79 Å². The highest BCUT2D eigenvalue weighted by Crippen LogP contribution is 2.19. The molecule has 0 aliphatic heterocycles. The van der Waals surface area contributed by atoms with Crippen LogP contribution in [0.3, 0.4) is 0 Å². The van der Waals surface area contributed by atoms with Crippen LogP contribution < -0.4 is 11.1 Å². The summed E-state index contributed by atoms with van der Waals surface area (Å²) in [5.74, 6) is 0. The number of amides is 1. The van der Waals surface area contributed by atoms with Crippen LogP contribution in [0.25, 0.3) is 0 Å². The number of alkyl carbamates (subject to hydrolysis) is 1. The molecule has 2 aliphatic rings. The Kier molecular flexibility index (Phi) is 8.29. The molecule has 0 heterocycles. The van der Waals surface area contributed by atoms with Gasteiger partial charge in [-0.15, -0.1) is 0 Å². The summed E-state index contributed by atoms with van der Waals surface area (Å²) in [6.07, 6.45) is 6.85. The van der Waals surface area contributed by atoms with Gasteiger partial charge in [-0.1, -0.05) is 25.7 Å². The lowest BCUT2D eigenvalue weighted by Crippen LogP contribution is -2.46. The summed E-state index contributed by atoms with van der Waals surface area (Å²) in [4.78, 5) is 11.4. The van der Waals surface area contributed by atoms with E-state index >= 15 is 0 Å². The van der Waals surface area contributed by atoms with Gasteiger partial charge < -0.3 is 26.0 Å². The topological polar surface area (TPSA) is 105 Å². The first-order valence-electron chi connectivity index (χ1n) is 8.80. The number of nitrogens with two attached hydrogens (primary N) is 1. The number of rotatable bonds is 1. The zero-order valence-electron chi connectivity index (χ0n) is 14.8. The fourth-order valence-electron chi connectivity index (χ4n) is 2.88. The van der Waals surface area contributed by atoms with E-state index in [1.807, 2.05) is 20.8 Å². The number of ether oxygens (including phenoxy) is 1. The van der Waals surface area contributed by atoms with Crippen LogP contribution in [0.5, 0.6) is 0 Å². The van der Waals surface area contributed by atoms with Crippen molar-refractivity contribution in [3.8, 4) is 0 Å². The zero-order valence-corrected chi connectivity index (χ0v) is 14.8. The van der Waals surface area contributed by atoms with Crippen molar-refractivity contribution in [2.45, 2.75) is 102 Å². The average molecular weight is 330 g/mol.